The number of aliphatic hydroxyl groups excluding tert-OH is 1. The van der Waals surface area contributed by atoms with Crippen molar-refractivity contribution in [3.63, 3.8) is 0 Å². The van der Waals surface area contributed by atoms with Gasteiger partial charge in [-0.2, -0.15) is 0 Å². The van der Waals surface area contributed by atoms with Gasteiger partial charge in [0.25, 0.3) is 0 Å². The summed E-state index contributed by atoms with van der Waals surface area (Å²) in [4.78, 5) is 111. The molecule has 0 saturated carbocycles. The summed E-state index contributed by atoms with van der Waals surface area (Å²) in [5.41, 5.74) is 19.9. The van der Waals surface area contributed by atoms with Crippen molar-refractivity contribution in [1.82, 2.24) is 42.5 Å². The van der Waals surface area contributed by atoms with Crippen molar-refractivity contribution >= 4 is 47.3 Å². The largest absolute Gasteiger partial charge is 0.391 e. The van der Waals surface area contributed by atoms with Crippen LogP contribution >= 0.6 is 0 Å². The van der Waals surface area contributed by atoms with E-state index in [9.17, 15) is 43.5 Å². The Labute approximate surface area is 380 Å². The van der Waals surface area contributed by atoms with Gasteiger partial charge in [0.05, 0.1) is 12.5 Å². The zero-order valence-corrected chi connectivity index (χ0v) is 37.8. The average Bonchev–Trinajstić information content (AvgIpc) is 3.26. The van der Waals surface area contributed by atoms with E-state index in [4.69, 9.17) is 17.2 Å². The zero-order chi connectivity index (χ0) is 48.1. The van der Waals surface area contributed by atoms with Crippen LogP contribution in [0.3, 0.4) is 0 Å². The Balaban J connectivity index is 2.09. The molecule has 8 amide bonds. The minimum Gasteiger partial charge on any atom is -0.391 e. The van der Waals surface area contributed by atoms with Gasteiger partial charge in [-0.05, 0) is 87.7 Å². The maximum atomic E-state index is 14.2. The molecule has 1 heterocycles. The monoisotopic (exact) mass is 908 g/mol. The molecule has 0 aromatic heterocycles. The van der Waals surface area contributed by atoms with Gasteiger partial charge in [0, 0.05) is 13.0 Å². The number of carbonyl (C=O) groups is 8. The van der Waals surface area contributed by atoms with Gasteiger partial charge in [0.2, 0.25) is 47.3 Å². The highest BCUT2D eigenvalue weighted by Crippen LogP contribution is 2.11. The lowest BCUT2D eigenvalue weighted by molar-refractivity contribution is -0.136. The van der Waals surface area contributed by atoms with Crippen LogP contribution in [0.4, 0.5) is 0 Å². The third kappa shape index (κ3) is 17.9. The van der Waals surface area contributed by atoms with E-state index in [2.05, 4.69) is 42.5 Å². The summed E-state index contributed by atoms with van der Waals surface area (Å²) in [5, 5.41) is 31.7. The highest BCUT2D eigenvalue weighted by Gasteiger charge is 2.35. The molecule has 0 bridgehead atoms. The molecule has 0 radical (unpaired) electrons. The van der Waals surface area contributed by atoms with Gasteiger partial charge in [-0.3, -0.25) is 38.4 Å². The molecular weight excluding hydrogens is 839 g/mol. The van der Waals surface area contributed by atoms with Gasteiger partial charge in [-0.25, -0.2) is 0 Å². The second kappa shape index (κ2) is 27.4. The maximum absolute atomic E-state index is 14.2. The minimum absolute atomic E-state index is 0.0222. The van der Waals surface area contributed by atoms with Crippen molar-refractivity contribution in [3.8, 4) is 0 Å². The van der Waals surface area contributed by atoms with E-state index >= 15 is 0 Å². The van der Waals surface area contributed by atoms with Crippen LogP contribution in [0.5, 0.6) is 0 Å². The van der Waals surface area contributed by atoms with E-state index in [0.717, 1.165) is 12.0 Å². The Hall–Kier alpha value is -5.96. The minimum atomic E-state index is -1.55. The summed E-state index contributed by atoms with van der Waals surface area (Å²) < 4.78 is 0. The average molecular weight is 908 g/mol. The molecule has 1 aliphatic heterocycles. The Morgan fingerprint density at radius 2 is 1.11 bits per heavy atom. The molecule has 1 saturated heterocycles. The topological polar surface area (TPSA) is 331 Å². The lowest BCUT2D eigenvalue weighted by atomic mass is 10.00. The number of benzene rings is 2. The summed E-state index contributed by atoms with van der Waals surface area (Å²) in [7, 11) is 0. The van der Waals surface area contributed by atoms with Crippen LogP contribution in [0.15, 0.2) is 54.6 Å². The number of amides is 8. The number of aryl methyl sites for hydroxylation is 1. The molecular formula is C45H69N11O9. The first-order chi connectivity index (χ1) is 31.0. The molecule has 0 aliphatic carbocycles. The van der Waals surface area contributed by atoms with Crippen molar-refractivity contribution in [1.29, 1.82) is 0 Å². The zero-order valence-electron chi connectivity index (χ0n) is 37.8. The molecule has 2 aromatic rings. The molecule has 65 heavy (non-hydrogen) atoms. The standard InChI is InChI=1S/C45H69N11O9/c1-5-28-12-9-13-30(23-28)25-37(58)50-34-17-21-49-45(65)38(27(4)57)56-42(62)33(16-20-48)52-39(59)31(14-18-46)53-43(63)35(22-26(2)3)54-44(64)36(24-29-10-7-6-8-11-29)55-40(60)32(15-19-47)51-41(34)61/h6-13,23,26-27,31-36,38,57H,5,14-22,24-25,46-48H2,1-4H3,(H,49,65)(H,50,58)(H,51,61)(H,52,59)(H,53,63)(H,54,64)(H,55,60)(H,56,62)/t27-,31+,32+,33+,34+,35+,36-,38+/m1/s1. The van der Waals surface area contributed by atoms with Crippen LogP contribution in [-0.4, -0.2) is 127 Å². The van der Waals surface area contributed by atoms with E-state index in [-0.39, 0.29) is 77.0 Å². The second-order valence-electron chi connectivity index (χ2n) is 16.6. The molecule has 3 rings (SSSR count). The molecule has 0 unspecified atom stereocenters. The number of hydrogen-bond acceptors (Lipinski definition) is 12. The van der Waals surface area contributed by atoms with Gasteiger partial charge in [0.15, 0.2) is 0 Å². The van der Waals surface area contributed by atoms with Crippen LogP contribution in [0.25, 0.3) is 0 Å². The number of hydrogen-bond donors (Lipinski definition) is 12. The second-order valence-corrected chi connectivity index (χ2v) is 16.6. The first-order valence-corrected chi connectivity index (χ1v) is 22.3. The number of carbonyl (C=O) groups excluding carboxylic acids is 8. The quantitative estimate of drug-likeness (QED) is 0.0878. The number of nitrogens with one attached hydrogen (secondary N) is 8. The maximum Gasteiger partial charge on any atom is 0.245 e. The molecule has 20 heteroatoms. The van der Waals surface area contributed by atoms with E-state index in [1.807, 2.05) is 39.0 Å². The summed E-state index contributed by atoms with van der Waals surface area (Å²) in [6.45, 7) is 6.44. The Bertz CT molecular complexity index is 1920. The molecule has 358 valence electrons. The number of aliphatic hydroxyl groups is 1. The van der Waals surface area contributed by atoms with Crippen LogP contribution in [0.1, 0.15) is 76.5 Å². The van der Waals surface area contributed by atoms with Gasteiger partial charge in [-0.1, -0.05) is 75.4 Å². The van der Waals surface area contributed by atoms with Crippen LogP contribution in [0.2, 0.25) is 0 Å². The lowest BCUT2D eigenvalue weighted by Crippen LogP contribution is -2.61. The van der Waals surface area contributed by atoms with E-state index < -0.39 is 95.7 Å². The summed E-state index contributed by atoms with van der Waals surface area (Å²) >= 11 is 0. The predicted molar refractivity (Wildman–Crippen MR) is 243 cm³/mol. The molecule has 15 N–H and O–H groups in total. The molecule has 2 aromatic carbocycles. The lowest BCUT2D eigenvalue weighted by Gasteiger charge is -2.28. The molecule has 1 aliphatic rings. The van der Waals surface area contributed by atoms with Crippen LogP contribution < -0.4 is 59.7 Å². The fraction of sp³-hybridized carbons (Fsp3) is 0.556. The van der Waals surface area contributed by atoms with E-state index in [0.29, 0.717) is 11.1 Å². The Morgan fingerprint density at radius 1 is 0.631 bits per heavy atom. The molecule has 0 spiro atoms. The van der Waals surface area contributed by atoms with Gasteiger partial charge in [-0.15, -0.1) is 0 Å². The van der Waals surface area contributed by atoms with Crippen LogP contribution in [0, 0.1) is 5.92 Å². The Morgan fingerprint density at radius 3 is 1.65 bits per heavy atom. The third-order valence-corrected chi connectivity index (χ3v) is 10.7. The molecule has 20 nitrogen and oxygen atoms in total. The smallest absolute Gasteiger partial charge is 0.245 e. The summed E-state index contributed by atoms with van der Waals surface area (Å²) in [5.74, 6) is -6.24. The van der Waals surface area contributed by atoms with Crippen molar-refractivity contribution in [2.24, 2.45) is 23.1 Å². The number of rotatable bonds is 15. The summed E-state index contributed by atoms with van der Waals surface area (Å²) in [6, 6.07) is 6.90. The van der Waals surface area contributed by atoms with Crippen molar-refractivity contribution in [2.75, 3.05) is 26.2 Å². The first-order valence-electron chi connectivity index (χ1n) is 22.3. The number of nitrogens with two attached hydrogens (primary N) is 3. The summed E-state index contributed by atoms with van der Waals surface area (Å²) in [6.07, 6.45) is -1.16. The normalized spacial score (nSPS) is 24.0. The predicted octanol–water partition coefficient (Wildman–Crippen LogP) is -2.58. The molecule has 8 atom stereocenters. The van der Waals surface area contributed by atoms with Crippen molar-refractivity contribution in [3.05, 3.63) is 71.3 Å². The highest BCUT2D eigenvalue weighted by atomic mass is 16.3. The van der Waals surface area contributed by atoms with Crippen LogP contribution in [-0.2, 0) is 57.6 Å². The van der Waals surface area contributed by atoms with Gasteiger partial charge >= 0.3 is 0 Å². The highest BCUT2D eigenvalue weighted by molar-refractivity contribution is 5.98. The van der Waals surface area contributed by atoms with E-state index in [1.54, 1.807) is 36.4 Å². The van der Waals surface area contributed by atoms with Gasteiger partial charge in [0.1, 0.15) is 42.3 Å². The van der Waals surface area contributed by atoms with Crippen molar-refractivity contribution in [2.45, 2.75) is 127 Å². The van der Waals surface area contributed by atoms with Crippen molar-refractivity contribution < 1.29 is 43.5 Å². The molecule has 1 fully saturated rings. The fourth-order valence-corrected chi connectivity index (χ4v) is 7.20. The Kier molecular flexibility index (Phi) is 22.5. The van der Waals surface area contributed by atoms with Gasteiger partial charge < -0.3 is 64.8 Å². The van der Waals surface area contributed by atoms with E-state index in [1.165, 1.54) is 6.92 Å². The SMILES string of the molecule is CCc1cccc(CC(=O)N[C@H]2CCNC(=O)[C@H]([C@@H](C)O)NC(=O)[C@H](CCN)NC(=O)[C@H](CCN)NC(=O)[C@H](CC(C)C)NC(=O)[C@@H](Cc3ccccc3)NC(=O)[C@H](CCN)NC2=O)c1. The fourth-order valence-electron chi connectivity index (χ4n) is 7.20. The third-order valence-electron chi connectivity index (χ3n) is 10.7. The first kappa shape index (κ1) is 53.4.